The number of aromatic nitrogens is 2. The number of nitrogens with one attached hydrogen (secondary N) is 1. The van der Waals surface area contributed by atoms with Crippen molar-refractivity contribution in [2.24, 2.45) is 23.2 Å². The van der Waals surface area contributed by atoms with E-state index in [0.29, 0.717) is 11.3 Å². The molecule has 6 heteroatoms. The molecule has 2 aromatic rings. The molecule has 6 rings (SSSR count). The van der Waals surface area contributed by atoms with Crippen molar-refractivity contribution in [2.75, 3.05) is 6.61 Å². The molecule has 4 saturated carbocycles. The minimum atomic E-state index is -0.0461. The first kappa shape index (κ1) is 16.5. The maximum atomic E-state index is 12.5. The van der Waals surface area contributed by atoms with E-state index >= 15 is 0 Å². The van der Waals surface area contributed by atoms with Gasteiger partial charge < -0.3 is 10.1 Å². The summed E-state index contributed by atoms with van der Waals surface area (Å²) in [7, 11) is 0. The van der Waals surface area contributed by atoms with Crippen molar-refractivity contribution in [3.05, 3.63) is 17.8 Å². The van der Waals surface area contributed by atoms with Gasteiger partial charge in [0.05, 0.1) is 5.39 Å². The van der Waals surface area contributed by atoms with Crippen LogP contribution < -0.4 is 10.1 Å². The number of carbonyl (C=O) groups is 1. The fourth-order valence-corrected chi connectivity index (χ4v) is 6.88. The first-order chi connectivity index (χ1) is 12.6. The number of thiophene rings is 1. The molecule has 2 aromatic heterocycles. The third-order valence-electron chi connectivity index (χ3n) is 6.95. The molecule has 5 nitrogen and oxygen atoms in total. The van der Waals surface area contributed by atoms with Gasteiger partial charge in [0.1, 0.15) is 11.2 Å². The minimum Gasteiger partial charge on any atom is -0.467 e. The monoisotopic (exact) mass is 371 g/mol. The predicted octanol–water partition coefficient (Wildman–Crippen LogP) is 3.79. The van der Waals surface area contributed by atoms with Crippen LogP contribution in [0.2, 0.25) is 0 Å². The van der Waals surface area contributed by atoms with Crippen LogP contribution in [0.5, 0.6) is 5.88 Å². The highest BCUT2D eigenvalue weighted by Crippen LogP contribution is 2.61. The van der Waals surface area contributed by atoms with Crippen LogP contribution in [0.3, 0.4) is 0 Å². The Labute approximate surface area is 157 Å². The molecule has 4 bridgehead atoms. The quantitative estimate of drug-likeness (QED) is 0.868. The molecule has 0 aromatic carbocycles. The lowest BCUT2D eigenvalue weighted by Crippen LogP contribution is -2.56. The SMILES string of the molecule is CC(NC(=O)COc1ncnc2sccc12)C12CC3CC(CC(C3)C1)C2. The fourth-order valence-electron chi connectivity index (χ4n) is 6.16. The van der Waals surface area contributed by atoms with E-state index in [4.69, 9.17) is 4.74 Å². The van der Waals surface area contributed by atoms with E-state index in [-0.39, 0.29) is 18.6 Å². The highest BCUT2D eigenvalue weighted by Gasteiger charge is 2.53. The molecule has 4 fully saturated rings. The highest BCUT2D eigenvalue weighted by atomic mass is 32.1. The number of hydrogen-bond donors (Lipinski definition) is 1. The average Bonchev–Trinajstić information content (AvgIpc) is 3.08. The van der Waals surface area contributed by atoms with Gasteiger partial charge in [0, 0.05) is 6.04 Å². The van der Waals surface area contributed by atoms with Crippen molar-refractivity contribution >= 4 is 27.5 Å². The van der Waals surface area contributed by atoms with E-state index in [9.17, 15) is 4.79 Å². The van der Waals surface area contributed by atoms with E-state index in [1.807, 2.05) is 11.4 Å². The van der Waals surface area contributed by atoms with E-state index in [0.717, 1.165) is 28.0 Å². The van der Waals surface area contributed by atoms with Crippen molar-refractivity contribution in [3.63, 3.8) is 0 Å². The zero-order valence-corrected chi connectivity index (χ0v) is 15.9. The van der Waals surface area contributed by atoms with Gasteiger partial charge in [0.25, 0.3) is 5.91 Å². The van der Waals surface area contributed by atoms with E-state index in [1.54, 1.807) is 11.3 Å². The smallest absolute Gasteiger partial charge is 0.258 e. The van der Waals surface area contributed by atoms with Gasteiger partial charge in [-0.3, -0.25) is 4.79 Å². The van der Waals surface area contributed by atoms with Crippen molar-refractivity contribution < 1.29 is 9.53 Å². The second kappa shape index (κ2) is 6.19. The van der Waals surface area contributed by atoms with Gasteiger partial charge in [0.15, 0.2) is 6.61 Å². The Morgan fingerprint density at radius 2 is 1.96 bits per heavy atom. The molecule has 2 heterocycles. The molecule has 1 unspecified atom stereocenters. The molecule has 4 aliphatic carbocycles. The number of hydrogen-bond acceptors (Lipinski definition) is 5. The van der Waals surface area contributed by atoms with Crippen LogP contribution >= 0.6 is 11.3 Å². The van der Waals surface area contributed by atoms with Crippen LogP contribution in [0.25, 0.3) is 10.2 Å². The predicted molar refractivity (Wildman–Crippen MR) is 101 cm³/mol. The Hall–Kier alpha value is -1.69. The summed E-state index contributed by atoms with van der Waals surface area (Å²) < 4.78 is 5.70. The summed E-state index contributed by atoms with van der Waals surface area (Å²) in [6, 6.07) is 2.16. The Morgan fingerprint density at radius 1 is 1.27 bits per heavy atom. The van der Waals surface area contributed by atoms with Gasteiger partial charge in [-0.05, 0) is 80.1 Å². The molecule has 0 spiro atoms. The van der Waals surface area contributed by atoms with Gasteiger partial charge in [0.2, 0.25) is 5.88 Å². The number of ether oxygens (including phenoxy) is 1. The summed E-state index contributed by atoms with van der Waals surface area (Å²) in [5, 5.41) is 6.08. The van der Waals surface area contributed by atoms with Crippen LogP contribution in [-0.2, 0) is 4.79 Å². The van der Waals surface area contributed by atoms with Gasteiger partial charge in [-0.1, -0.05) is 0 Å². The third-order valence-corrected chi connectivity index (χ3v) is 7.77. The Kier molecular flexibility index (Phi) is 3.92. The van der Waals surface area contributed by atoms with Crippen LogP contribution in [0.15, 0.2) is 17.8 Å². The molecular weight excluding hydrogens is 346 g/mol. The molecule has 0 saturated heterocycles. The molecule has 0 radical (unpaired) electrons. The van der Waals surface area contributed by atoms with Crippen molar-refractivity contribution in [3.8, 4) is 5.88 Å². The second-order valence-corrected chi connectivity index (χ2v) is 9.57. The molecular formula is C20H25N3O2S. The molecule has 4 aliphatic rings. The summed E-state index contributed by atoms with van der Waals surface area (Å²) in [5.74, 6) is 3.13. The number of fused-ring (bicyclic) bond motifs is 1. The van der Waals surface area contributed by atoms with Crippen molar-refractivity contribution in [2.45, 2.75) is 51.5 Å². The maximum Gasteiger partial charge on any atom is 0.258 e. The number of amides is 1. The van der Waals surface area contributed by atoms with Gasteiger partial charge >= 0.3 is 0 Å². The molecule has 1 atom stereocenters. The third kappa shape index (κ3) is 2.79. The largest absolute Gasteiger partial charge is 0.467 e. The standard InChI is InChI=1S/C20H25N3O2S/c1-12(20-7-13-4-14(8-20)6-15(5-13)9-20)23-17(24)10-25-18-16-2-3-26-19(16)22-11-21-18/h2-3,11-15H,4-10H2,1H3,(H,23,24). The summed E-state index contributed by atoms with van der Waals surface area (Å²) in [6.45, 7) is 2.21. The van der Waals surface area contributed by atoms with E-state index < -0.39 is 0 Å². The maximum absolute atomic E-state index is 12.5. The first-order valence-corrected chi connectivity index (χ1v) is 10.6. The lowest BCUT2D eigenvalue weighted by atomic mass is 9.48. The van der Waals surface area contributed by atoms with Crippen LogP contribution in [-0.4, -0.2) is 28.5 Å². The van der Waals surface area contributed by atoms with E-state index in [2.05, 4.69) is 22.2 Å². The lowest BCUT2D eigenvalue weighted by molar-refractivity contribution is -0.127. The zero-order valence-electron chi connectivity index (χ0n) is 15.1. The van der Waals surface area contributed by atoms with Crippen molar-refractivity contribution in [1.29, 1.82) is 0 Å². The van der Waals surface area contributed by atoms with Gasteiger partial charge in [-0.2, -0.15) is 0 Å². The molecule has 26 heavy (non-hydrogen) atoms. The zero-order chi connectivity index (χ0) is 17.7. The minimum absolute atomic E-state index is 0.0126. The highest BCUT2D eigenvalue weighted by molar-refractivity contribution is 7.16. The van der Waals surface area contributed by atoms with Crippen LogP contribution in [0.4, 0.5) is 0 Å². The summed E-state index contributed by atoms with van der Waals surface area (Å²) in [5.41, 5.74) is 0.319. The first-order valence-electron chi connectivity index (χ1n) is 9.72. The Balaban J connectivity index is 1.22. The fraction of sp³-hybridized carbons (Fsp3) is 0.650. The molecule has 138 valence electrons. The van der Waals surface area contributed by atoms with Crippen LogP contribution in [0, 0.1) is 23.2 Å². The number of carbonyl (C=O) groups excluding carboxylic acids is 1. The summed E-state index contributed by atoms with van der Waals surface area (Å²) in [6.07, 6.45) is 9.65. The topological polar surface area (TPSA) is 64.1 Å². The lowest BCUT2D eigenvalue weighted by Gasteiger charge is -2.59. The summed E-state index contributed by atoms with van der Waals surface area (Å²) >= 11 is 1.55. The Morgan fingerprint density at radius 3 is 2.65 bits per heavy atom. The Bertz CT molecular complexity index is 798. The molecule has 0 aliphatic heterocycles. The van der Waals surface area contributed by atoms with Crippen molar-refractivity contribution in [1.82, 2.24) is 15.3 Å². The van der Waals surface area contributed by atoms with E-state index in [1.165, 1.54) is 44.9 Å². The molecule has 1 amide bonds. The number of rotatable bonds is 5. The van der Waals surface area contributed by atoms with Gasteiger partial charge in [-0.25, -0.2) is 9.97 Å². The normalized spacial score (nSPS) is 33.3. The average molecular weight is 372 g/mol. The van der Waals surface area contributed by atoms with Crippen LogP contribution in [0.1, 0.15) is 45.4 Å². The molecule has 1 N–H and O–H groups in total. The second-order valence-electron chi connectivity index (χ2n) is 8.68. The number of nitrogens with zero attached hydrogens (tertiary/aromatic N) is 2. The van der Waals surface area contributed by atoms with Gasteiger partial charge in [-0.15, -0.1) is 11.3 Å². The summed E-state index contributed by atoms with van der Waals surface area (Å²) in [4.78, 5) is 21.8.